The topological polar surface area (TPSA) is 68.2 Å². The van der Waals surface area contributed by atoms with Crippen molar-refractivity contribution in [3.63, 3.8) is 0 Å². The van der Waals surface area contributed by atoms with Crippen LogP contribution in [0.25, 0.3) is 21.8 Å². The molecule has 0 saturated carbocycles. The third-order valence-electron chi connectivity index (χ3n) is 4.01. The monoisotopic (exact) mass is 335 g/mol. The molecule has 2 aromatic heterocycles. The summed E-state index contributed by atoms with van der Waals surface area (Å²) in [5.74, 6) is 0.506. The van der Waals surface area contributed by atoms with Crippen LogP contribution in [0, 0.1) is 0 Å². The van der Waals surface area contributed by atoms with E-state index in [1.165, 1.54) is 33.1 Å². The molecule has 0 spiro atoms. The van der Waals surface area contributed by atoms with Gasteiger partial charge in [0.2, 0.25) is 5.13 Å². The Hall–Kier alpha value is -2.86. The Morgan fingerprint density at radius 2 is 2.04 bits per heavy atom. The lowest BCUT2D eigenvalue weighted by Crippen LogP contribution is -1.93. The molecule has 0 unspecified atom stereocenters. The van der Waals surface area contributed by atoms with E-state index < -0.39 is 0 Å². The molecule has 2 heterocycles. The molecule has 0 aliphatic rings. The molecule has 24 heavy (non-hydrogen) atoms. The van der Waals surface area contributed by atoms with Gasteiger partial charge in [-0.3, -0.25) is 5.43 Å². The number of hydrogen-bond donors (Lipinski definition) is 2. The first-order valence-corrected chi connectivity index (χ1v) is 8.65. The van der Waals surface area contributed by atoms with Crippen LogP contribution in [-0.4, -0.2) is 15.8 Å². The Bertz CT molecular complexity index is 1040. The number of nitrogen functional groups attached to an aromatic ring is 1. The lowest BCUT2D eigenvalue weighted by molar-refractivity contribution is 0.827. The molecule has 2 aromatic carbocycles. The highest BCUT2D eigenvalue weighted by molar-refractivity contribution is 7.14. The van der Waals surface area contributed by atoms with Crippen molar-refractivity contribution in [2.45, 2.75) is 13.5 Å². The van der Waals surface area contributed by atoms with Crippen LogP contribution in [0.3, 0.4) is 0 Å². The smallest absolute Gasteiger partial charge is 0.205 e. The number of thiazole rings is 1. The summed E-state index contributed by atoms with van der Waals surface area (Å²) in [6.45, 7) is 3.12. The number of aryl methyl sites for hydroxylation is 1. The summed E-state index contributed by atoms with van der Waals surface area (Å²) in [7, 11) is 0. The van der Waals surface area contributed by atoms with Crippen LogP contribution in [0.15, 0.2) is 52.9 Å². The van der Waals surface area contributed by atoms with Crippen molar-refractivity contribution in [2.75, 3.05) is 11.2 Å². The summed E-state index contributed by atoms with van der Waals surface area (Å²) < 4.78 is 2.34. The van der Waals surface area contributed by atoms with Crippen LogP contribution in [0.1, 0.15) is 12.5 Å². The average Bonchev–Trinajstić information content (AvgIpc) is 3.15. The molecule has 0 saturated heterocycles. The van der Waals surface area contributed by atoms with Crippen molar-refractivity contribution in [2.24, 2.45) is 5.10 Å². The molecule has 0 aliphatic carbocycles. The fourth-order valence-corrected chi connectivity index (χ4v) is 3.54. The number of benzene rings is 2. The van der Waals surface area contributed by atoms with Crippen molar-refractivity contribution < 1.29 is 0 Å². The molecule has 4 rings (SSSR count). The van der Waals surface area contributed by atoms with Gasteiger partial charge in [-0.1, -0.05) is 24.3 Å². The van der Waals surface area contributed by atoms with E-state index >= 15 is 0 Å². The molecule has 0 fully saturated rings. The first-order chi connectivity index (χ1) is 11.8. The number of rotatable bonds is 4. The maximum Gasteiger partial charge on any atom is 0.205 e. The van der Waals surface area contributed by atoms with Crippen LogP contribution in [0.4, 0.5) is 10.9 Å². The Morgan fingerprint density at radius 1 is 1.21 bits per heavy atom. The number of aromatic nitrogens is 2. The van der Waals surface area contributed by atoms with Gasteiger partial charge in [-0.05, 0) is 30.7 Å². The molecule has 0 aliphatic heterocycles. The maximum absolute atomic E-state index is 5.60. The minimum absolute atomic E-state index is 0.506. The van der Waals surface area contributed by atoms with Gasteiger partial charge in [0.15, 0.2) is 0 Å². The Kier molecular flexibility index (Phi) is 3.66. The summed E-state index contributed by atoms with van der Waals surface area (Å²) in [6, 6.07) is 14.9. The van der Waals surface area contributed by atoms with Gasteiger partial charge < -0.3 is 10.3 Å². The van der Waals surface area contributed by atoms with Crippen molar-refractivity contribution in [1.29, 1.82) is 0 Å². The molecule has 5 nitrogen and oxygen atoms in total. The van der Waals surface area contributed by atoms with Crippen LogP contribution < -0.4 is 11.2 Å². The van der Waals surface area contributed by atoms with Gasteiger partial charge in [0.1, 0.15) is 5.82 Å². The second kappa shape index (κ2) is 5.98. The molecule has 0 amide bonds. The molecule has 0 radical (unpaired) electrons. The second-order valence-corrected chi connectivity index (χ2v) is 6.34. The normalized spacial score (nSPS) is 11.7. The molecule has 0 bridgehead atoms. The van der Waals surface area contributed by atoms with Gasteiger partial charge in [0.25, 0.3) is 0 Å². The quantitative estimate of drug-likeness (QED) is 0.431. The van der Waals surface area contributed by atoms with E-state index in [2.05, 4.69) is 69.5 Å². The average molecular weight is 335 g/mol. The summed E-state index contributed by atoms with van der Waals surface area (Å²) >= 11 is 1.43. The third kappa shape index (κ3) is 2.51. The molecular weight excluding hydrogens is 318 g/mol. The Balaban J connectivity index is 1.71. The van der Waals surface area contributed by atoms with Gasteiger partial charge in [-0.2, -0.15) is 5.10 Å². The number of fused-ring (bicyclic) bond motifs is 3. The van der Waals surface area contributed by atoms with E-state index in [1.807, 2.05) is 0 Å². The second-order valence-electron chi connectivity index (χ2n) is 5.49. The number of hydrazone groups is 1. The lowest BCUT2D eigenvalue weighted by atomic mass is 10.1. The Labute approximate surface area is 143 Å². The molecule has 6 heteroatoms. The van der Waals surface area contributed by atoms with Crippen molar-refractivity contribution in [1.82, 2.24) is 9.55 Å². The van der Waals surface area contributed by atoms with E-state index in [0.717, 1.165) is 12.1 Å². The zero-order valence-electron chi connectivity index (χ0n) is 13.2. The van der Waals surface area contributed by atoms with Crippen molar-refractivity contribution in [3.05, 3.63) is 53.4 Å². The highest BCUT2D eigenvalue weighted by Gasteiger charge is 2.09. The van der Waals surface area contributed by atoms with Crippen molar-refractivity contribution in [3.8, 4) is 0 Å². The summed E-state index contributed by atoms with van der Waals surface area (Å²) in [5.41, 5.74) is 12.1. The van der Waals surface area contributed by atoms with Crippen LogP contribution in [0.5, 0.6) is 0 Å². The van der Waals surface area contributed by atoms with E-state index in [4.69, 9.17) is 5.73 Å². The van der Waals surface area contributed by atoms with Crippen LogP contribution in [0.2, 0.25) is 0 Å². The number of nitrogens with one attached hydrogen (secondary N) is 1. The molecule has 120 valence electrons. The first-order valence-electron chi connectivity index (χ1n) is 7.77. The number of para-hydroxylation sites is 1. The zero-order valence-corrected chi connectivity index (χ0v) is 14.0. The minimum Gasteiger partial charge on any atom is -0.383 e. The van der Waals surface area contributed by atoms with Crippen LogP contribution >= 0.6 is 11.3 Å². The minimum atomic E-state index is 0.506. The summed E-state index contributed by atoms with van der Waals surface area (Å²) in [4.78, 5) is 4.12. The van der Waals surface area contributed by atoms with E-state index in [1.54, 1.807) is 11.6 Å². The predicted octanol–water partition coefficient (Wildman–Crippen LogP) is 4.30. The number of hydrogen-bond acceptors (Lipinski definition) is 5. The molecule has 3 N–H and O–H groups in total. The van der Waals surface area contributed by atoms with Gasteiger partial charge in [0.05, 0.1) is 6.21 Å². The van der Waals surface area contributed by atoms with Gasteiger partial charge >= 0.3 is 0 Å². The summed E-state index contributed by atoms with van der Waals surface area (Å²) in [5, 5.41) is 9.23. The lowest BCUT2D eigenvalue weighted by Gasteiger charge is -2.02. The Morgan fingerprint density at radius 3 is 2.83 bits per heavy atom. The van der Waals surface area contributed by atoms with Crippen LogP contribution in [-0.2, 0) is 6.54 Å². The number of anilines is 2. The zero-order chi connectivity index (χ0) is 16.5. The SMILES string of the molecule is CCn1c2ccccc2c2cc(C=NNc3nc(N)cs3)ccc21. The first kappa shape index (κ1) is 14.7. The third-order valence-corrected chi connectivity index (χ3v) is 4.77. The fourth-order valence-electron chi connectivity index (χ4n) is 2.99. The van der Waals surface area contributed by atoms with Gasteiger partial charge in [-0.15, -0.1) is 11.3 Å². The van der Waals surface area contributed by atoms with Gasteiger partial charge in [-0.25, -0.2) is 4.98 Å². The highest BCUT2D eigenvalue weighted by atomic mass is 32.1. The summed E-state index contributed by atoms with van der Waals surface area (Å²) in [6.07, 6.45) is 1.80. The van der Waals surface area contributed by atoms with E-state index in [0.29, 0.717) is 10.9 Å². The fraction of sp³-hybridized carbons (Fsp3) is 0.111. The molecule has 4 aromatic rings. The van der Waals surface area contributed by atoms with E-state index in [9.17, 15) is 0 Å². The maximum atomic E-state index is 5.60. The highest BCUT2D eigenvalue weighted by Crippen LogP contribution is 2.29. The number of nitrogens with zero attached hydrogens (tertiary/aromatic N) is 3. The van der Waals surface area contributed by atoms with E-state index in [-0.39, 0.29) is 0 Å². The molecule has 0 atom stereocenters. The van der Waals surface area contributed by atoms with Gasteiger partial charge in [0, 0.05) is 33.7 Å². The standard InChI is InChI=1S/C18H17N5S/c1-2-23-15-6-4-3-5-13(15)14-9-12(7-8-16(14)23)10-20-22-18-21-17(19)11-24-18/h3-11H,2,19H2,1H3,(H,21,22). The predicted molar refractivity (Wildman–Crippen MR) is 103 cm³/mol. The molecular formula is C18H17N5S. The number of nitrogens with two attached hydrogens (primary N) is 1. The van der Waals surface area contributed by atoms with Crippen molar-refractivity contribution >= 4 is 50.3 Å². The largest absolute Gasteiger partial charge is 0.383 e.